The molecule has 98 valence electrons. The summed E-state index contributed by atoms with van der Waals surface area (Å²) in [6.45, 7) is 0. The SMILES string of the molecule is N#CCc1nc(Nc2nc3ccccc3[nH]2)nc(=O)[nH]1. The van der Waals surface area contributed by atoms with Gasteiger partial charge in [0.2, 0.25) is 11.9 Å². The van der Waals surface area contributed by atoms with Gasteiger partial charge in [0, 0.05) is 0 Å². The molecule has 0 saturated carbocycles. The van der Waals surface area contributed by atoms with Gasteiger partial charge in [-0.15, -0.1) is 0 Å². The number of benzene rings is 1. The van der Waals surface area contributed by atoms with E-state index in [1.807, 2.05) is 30.3 Å². The van der Waals surface area contributed by atoms with Gasteiger partial charge in [0.15, 0.2) is 0 Å². The molecule has 0 atom stereocenters. The van der Waals surface area contributed by atoms with Crippen molar-refractivity contribution in [1.29, 1.82) is 5.26 Å². The minimum atomic E-state index is -0.566. The number of anilines is 2. The maximum absolute atomic E-state index is 11.4. The summed E-state index contributed by atoms with van der Waals surface area (Å²) in [6, 6.07) is 9.42. The molecular formula is C12H9N7O. The summed E-state index contributed by atoms with van der Waals surface area (Å²) in [5, 5.41) is 11.4. The van der Waals surface area contributed by atoms with Crippen molar-refractivity contribution >= 4 is 22.9 Å². The summed E-state index contributed by atoms with van der Waals surface area (Å²) in [6.07, 6.45) is 0.00652. The molecule has 0 amide bonds. The van der Waals surface area contributed by atoms with Crippen LogP contribution in [0.5, 0.6) is 0 Å². The van der Waals surface area contributed by atoms with Crippen LogP contribution in [0.25, 0.3) is 11.0 Å². The Morgan fingerprint density at radius 3 is 2.85 bits per heavy atom. The van der Waals surface area contributed by atoms with E-state index in [0.29, 0.717) is 5.95 Å². The predicted molar refractivity (Wildman–Crippen MR) is 71.3 cm³/mol. The maximum Gasteiger partial charge on any atom is 0.349 e. The highest BCUT2D eigenvalue weighted by molar-refractivity contribution is 5.77. The molecule has 20 heavy (non-hydrogen) atoms. The summed E-state index contributed by atoms with van der Waals surface area (Å²) < 4.78 is 0. The van der Waals surface area contributed by atoms with Crippen molar-refractivity contribution in [2.24, 2.45) is 0 Å². The minimum Gasteiger partial charge on any atom is -0.324 e. The highest BCUT2D eigenvalue weighted by Gasteiger charge is 2.06. The Morgan fingerprint density at radius 2 is 2.05 bits per heavy atom. The molecule has 0 saturated heterocycles. The lowest BCUT2D eigenvalue weighted by Crippen LogP contribution is -2.17. The first-order valence-electron chi connectivity index (χ1n) is 5.80. The Labute approximate surface area is 112 Å². The number of para-hydroxylation sites is 2. The zero-order chi connectivity index (χ0) is 13.9. The fraction of sp³-hybridized carbons (Fsp3) is 0.0833. The summed E-state index contributed by atoms with van der Waals surface area (Å²) >= 11 is 0. The van der Waals surface area contributed by atoms with Gasteiger partial charge in [0.25, 0.3) is 0 Å². The molecule has 8 heteroatoms. The van der Waals surface area contributed by atoms with E-state index in [4.69, 9.17) is 5.26 Å². The minimum absolute atomic E-state index is 0.00652. The number of rotatable bonds is 3. The van der Waals surface area contributed by atoms with Crippen LogP contribution < -0.4 is 11.0 Å². The van der Waals surface area contributed by atoms with Crippen molar-refractivity contribution in [3.63, 3.8) is 0 Å². The first-order valence-corrected chi connectivity index (χ1v) is 5.80. The van der Waals surface area contributed by atoms with E-state index in [2.05, 4.69) is 30.2 Å². The molecule has 2 heterocycles. The zero-order valence-electron chi connectivity index (χ0n) is 10.2. The van der Waals surface area contributed by atoms with E-state index in [-0.39, 0.29) is 18.2 Å². The summed E-state index contributed by atoms with van der Waals surface area (Å²) in [5.74, 6) is 0.781. The molecule has 0 aliphatic heterocycles. The van der Waals surface area contributed by atoms with Crippen LogP contribution in [0, 0.1) is 11.3 Å². The molecule has 1 aromatic carbocycles. The van der Waals surface area contributed by atoms with E-state index in [1.165, 1.54) is 0 Å². The van der Waals surface area contributed by atoms with Crippen molar-refractivity contribution in [1.82, 2.24) is 24.9 Å². The number of hydrogen-bond donors (Lipinski definition) is 3. The average Bonchev–Trinajstić information content (AvgIpc) is 2.80. The molecule has 0 aliphatic carbocycles. The second kappa shape index (κ2) is 4.81. The quantitative estimate of drug-likeness (QED) is 0.646. The van der Waals surface area contributed by atoms with E-state index < -0.39 is 5.69 Å². The van der Waals surface area contributed by atoms with Gasteiger partial charge in [0.1, 0.15) is 5.82 Å². The molecule has 8 nitrogen and oxygen atoms in total. The number of nitrogens with one attached hydrogen (secondary N) is 3. The van der Waals surface area contributed by atoms with Crippen LogP contribution in [0.2, 0.25) is 0 Å². The van der Waals surface area contributed by atoms with Crippen LogP contribution in [0.3, 0.4) is 0 Å². The molecular weight excluding hydrogens is 258 g/mol. The largest absolute Gasteiger partial charge is 0.349 e. The third-order valence-electron chi connectivity index (χ3n) is 2.57. The number of hydrogen-bond acceptors (Lipinski definition) is 6. The summed E-state index contributed by atoms with van der Waals surface area (Å²) in [4.78, 5) is 28.8. The zero-order valence-corrected chi connectivity index (χ0v) is 10.2. The van der Waals surface area contributed by atoms with E-state index in [9.17, 15) is 4.79 Å². The number of aromatic nitrogens is 5. The standard InChI is InChI=1S/C12H9N7O/c13-6-5-9-16-11(19-12(20)17-9)18-10-14-7-3-1-2-4-8(7)15-10/h1-4H,5H2,(H3,14,15,16,17,18,19,20). The van der Waals surface area contributed by atoms with Crippen LogP contribution >= 0.6 is 0 Å². The second-order valence-corrected chi connectivity index (χ2v) is 3.99. The highest BCUT2D eigenvalue weighted by Crippen LogP contribution is 2.15. The van der Waals surface area contributed by atoms with Crippen LogP contribution in [0.4, 0.5) is 11.9 Å². The highest BCUT2D eigenvalue weighted by atomic mass is 16.1. The smallest absolute Gasteiger partial charge is 0.324 e. The van der Waals surface area contributed by atoms with Gasteiger partial charge < -0.3 is 4.98 Å². The van der Waals surface area contributed by atoms with Crippen molar-refractivity contribution < 1.29 is 0 Å². The molecule has 3 N–H and O–H groups in total. The lowest BCUT2D eigenvalue weighted by Gasteiger charge is -2.01. The third kappa shape index (κ3) is 2.32. The van der Waals surface area contributed by atoms with Crippen LogP contribution in [0.15, 0.2) is 29.1 Å². The third-order valence-corrected chi connectivity index (χ3v) is 2.57. The van der Waals surface area contributed by atoms with E-state index in [1.54, 1.807) is 0 Å². The maximum atomic E-state index is 11.4. The van der Waals surface area contributed by atoms with Gasteiger partial charge in [-0.1, -0.05) is 12.1 Å². The van der Waals surface area contributed by atoms with Crippen molar-refractivity contribution in [3.05, 3.63) is 40.6 Å². The first kappa shape index (κ1) is 11.9. The number of H-pyrrole nitrogens is 2. The molecule has 0 fully saturated rings. The van der Waals surface area contributed by atoms with Crippen molar-refractivity contribution in [2.45, 2.75) is 6.42 Å². The van der Waals surface area contributed by atoms with Gasteiger partial charge in [-0.3, -0.25) is 10.3 Å². The normalized spacial score (nSPS) is 10.3. The van der Waals surface area contributed by atoms with Crippen LogP contribution in [-0.2, 0) is 6.42 Å². The first-order chi connectivity index (χ1) is 9.74. The Balaban J connectivity index is 1.94. The van der Waals surface area contributed by atoms with Crippen molar-refractivity contribution in [3.8, 4) is 6.07 Å². The fourth-order valence-electron chi connectivity index (χ4n) is 1.76. The molecule has 0 radical (unpaired) electrons. The molecule has 0 unspecified atom stereocenters. The summed E-state index contributed by atoms with van der Waals surface area (Å²) in [7, 11) is 0. The number of nitriles is 1. The monoisotopic (exact) mass is 267 g/mol. The second-order valence-electron chi connectivity index (χ2n) is 3.99. The molecule has 0 aliphatic rings. The average molecular weight is 267 g/mol. The van der Waals surface area contributed by atoms with Gasteiger partial charge in [-0.25, -0.2) is 9.78 Å². The van der Waals surface area contributed by atoms with Crippen LogP contribution in [0.1, 0.15) is 5.82 Å². The topological polar surface area (TPSA) is 123 Å². The number of nitrogens with zero attached hydrogens (tertiary/aromatic N) is 4. The van der Waals surface area contributed by atoms with Crippen LogP contribution in [-0.4, -0.2) is 24.9 Å². The van der Waals surface area contributed by atoms with E-state index in [0.717, 1.165) is 11.0 Å². The molecule has 3 aromatic rings. The molecule has 0 bridgehead atoms. The molecule has 0 spiro atoms. The van der Waals surface area contributed by atoms with Crippen molar-refractivity contribution in [2.75, 3.05) is 5.32 Å². The number of fused-ring (bicyclic) bond motifs is 1. The fourth-order valence-corrected chi connectivity index (χ4v) is 1.76. The lowest BCUT2D eigenvalue weighted by molar-refractivity contribution is 0.902. The Kier molecular flexibility index (Phi) is 2.85. The van der Waals surface area contributed by atoms with Gasteiger partial charge in [-0.2, -0.15) is 15.2 Å². The summed E-state index contributed by atoms with van der Waals surface area (Å²) in [5.41, 5.74) is 1.08. The Hall–Kier alpha value is -3.21. The Bertz CT molecular complexity index is 825. The van der Waals surface area contributed by atoms with Gasteiger partial charge in [0.05, 0.1) is 23.5 Å². The lowest BCUT2D eigenvalue weighted by atomic mass is 10.3. The van der Waals surface area contributed by atoms with E-state index >= 15 is 0 Å². The predicted octanol–water partition coefficient (Wildman–Crippen LogP) is 0.851. The number of aromatic amines is 2. The Morgan fingerprint density at radius 1 is 1.20 bits per heavy atom. The molecule has 3 rings (SSSR count). The van der Waals surface area contributed by atoms with Gasteiger partial charge in [-0.05, 0) is 12.1 Å². The van der Waals surface area contributed by atoms with Gasteiger partial charge >= 0.3 is 5.69 Å². The number of imidazole rings is 1. The molecule has 2 aromatic heterocycles.